The summed E-state index contributed by atoms with van der Waals surface area (Å²) in [6, 6.07) is -0.702. The lowest BCUT2D eigenvalue weighted by Crippen LogP contribution is -2.46. The summed E-state index contributed by atoms with van der Waals surface area (Å²) in [5, 5.41) is 23.8. The van der Waals surface area contributed by atoms with Gasteiger partial charge in [-0.25, -0.2) is 0 Å². The summed E-state index contributed by atoms with van der Waals surface area (Å²) in [6.07, 6.45) is 58.2. The van der Waals surface area contributed by atoms with Crippen LogP contribution in [0.15, 0.2) is 24.3 Å². The van der Waals surface area contributed by atoms with Crippen LogP contribution in [-0.2, 0) is 14.3 Å². The average Bonchev–Trinajstić information content (AvgIpc) is 3.26. The molecule has 0 spiro atoms. The number of hydrogen-bond acceptors (Lipinski definition) is 5. The Bertz CT molecular complexity index is 981. The highest BCUT2D eigenvalue weighted by Gasteiger charge is 2.24. The molecule has 0 aliphatic carbocycles. The van der Waals surface area contributed by atoms with E-state index in [4.69, 9.17) is 4.74 Å². The third kappa shape index (κ3) is 44.9. The minimum absolute atomic E-state index is 0.0698. The Morgan fingerprint density at radius 1 is 0.452 bits per heavy atom. The Labute approximate surface area is 386 Å². The summed E-state index contributed by atoms with van der Waals surface area (Å²) in [6.45, 7) is 6.46. The van der Waals surface area contributed by atoms with Gasteiger partial charge in [0.25, 0.3) is 0 Å². The van der Waals surface area contributed by atoms with Gasteiger partial charge in [0.1, 0.15) is 6.10 Å². The van der Waals surface area contributed by atoms with Crippen molar-refractivity contribution < 1.29 is 24.5 Å². The van der Waals surface area contributed by atoms with Crippen LogP contribution in [0, 0.1) is 0 Å². The minimum atomic E-state index is -0.788. The largest absolute Gasteiger partial charge is 0.462 e. The van der Waals surface area contributed by atoms with Crippen LogP contribution in [0.1, 0.15) is 297 Å². The van der Waals surface area contributed by atoms with Crippen molar-refractivity contribution in [2.45, 2.75) is 315 Å². The van der Waals surface area contributed by atoms with Gasteiger partial charge in [0.15, 0.2) is 0 Å². The first-order valence-corrected chi connectivity index (χ1v) is 27.6. The standard InChI is InChI=1S/C56H107NO5/c1-4-7-10-13-16-19-21-23-25-26-27-28-30-32-34-37-40-43-46-49-56(61)62-52(47-44-41-38-35-18-15-12-9-6-3)50-55(60)57-53(51-58)54(59)48-45-42-39-36-33-31-29-24-22-20-17-14-11-8-5-2/h15,18,23,25,52-54,58-59H,4-14,16-17,19-22,24,26-51H2,1-3H3,(H,57,60)/b18-15-,25-23+. The molecule has 0 aromatic carbocycles. The van der Waals surface area contributed by atoms with Crippen LogP contribution in [0.3, 0.4) is 0 Å². The van der Waals surface area contributed by atoms with Crippen molar-refractivity contribution in [2.24, 2.45) is 0 Å². The molecular formula is C56H107NO5. The molecule has 0 heterocycles. The van der Waals surface area contributed by atoms with E-state index >= 15 is 0 Å². The number of carbonyl (C=O) groups is 2. The predicted octanol–water partition coefficient (Wildman–Crippen LogP) is 16.7. The highest BCUT2D eigenvalue weighted by Crippen LogP contribution is 2.18. The molecule has 1 amide bonds. The van der Waals surface area contributed by atoms with Crippen LogP contribution in [-0.4, -0.2) is 46.9 Å². The fraction of sp³-hybridized carbons (Fsp3) is 0.893. The van der Waals surface area contributed by atoms with E-state index in [1.54, 1.807) is 0 Å². The van der Waals surface area contributed by atoms with Crippen LogP contribution in [0.4, 0.5) is 0 Å². The van der Waals surface area contributed by atoms with Crippen molar-refractivity contribution in [1.82, 2.24) is 5.32 Å². The lowest BCUT2D eigenvalue weighted by Gasteiger charge is -2.24. The normalized spacial score (nSPS) is 13.3. The van der Waals surface area contributed by atoms with E-state index in [0.717, 1.165) is 64.2 Å². The van der Waals surface area contributed by atoms with E-state index in [9.17, 15) is 19.8 Å². The molecule has 0 radical (unpaired) electrons. The minimum Gasteiger partial charge on any atom is -0.462 e. The monoisotopic (exact) mass is 874 g/mol. The zero-order chi connectivity index (χ0) is 45.2. The maximum atomic E-state index is 13.2. The van der Waals surface area contributed by atoms with Gasteiger partial charge in [-0.1, -0.05) is 238 Å². The molecule has 0 saturated carbocycles. The third-order valence-electron chi connectivity index (χ3n) is 12.8. The molecule has 0 saturated heterocycles. The number of hydrogen-bond donors (Lipinski definition) is 3. The van der Waals surface area contributed by atoms with Crippen LogP contribution in [0.2, 0.25) is 0 Å². The lowest BCUT2D eigenvalue weighted by molar-refractivity contribution is -0.151. The number of aliphatic hydroxyl groups excluding tert-OH is 2. The average molecular weight is 874 g/mol. The molecule has 0 aromatic heterocycles. The van der Waals surface area contributed by atoms with Gasteiger partial charge in [-0.3, -0.25) is 9.59 Å². The fourth-order valence-corrected chi connectivity index (χ4v) is 8.53. The molecule has 6 nitrogen and oxygen atoms in total. The number of carbonyl (C=O) groups excluding carboxylic acids is 2. The Morgan fingerprint density at radius 3 is 1.21 bits per heavy atom. The van der Waals surface area contributed by atoms with E-state index in [-0.39, 0.29) is 24.9 Å². The topological polar surface area (TPSA) is 95.9 Å². The van der Waals surface area contributed by atoms with Crippen molar-refractivity contribution in [3.05, 3.63) is 24.3 Å². The summed E-state index contributed by atoms with van der Waals surface area (Å²) in [5.41, 5.74) is 0. The van der Waals surface area contributed by atoms with Gasteiger partial charge in [0.2, 0.25) is 5.91 Å². The van der Waals surface area contributed by atoms with Gasteiger partial charge in [-0.15, -0.1) is 0 Å². The van der Waals surface area contributed by atoms with Crippen LogP contribution < -0.4 is 5.32 Å². The van der Waals surface area contributed by atoms with E-state index in [1.165, 1.54) is 186 Å². The second kappa shape index (κ2) is 50.3. The Morgan fingerprint density at radius 2 is 0.790 bits per heavy atom. The fourth-order valence-electron chi connectivity index (χ4n) is 8.53. The first-order valence-electron chi connectivity index (χ1n) is 27.6. The molecule has 3 N–H and O–H groups in total. The lowest BCUT2D eigenvalue weighted by atomic mass is 10.0. The third-order valence-corrected chi connectivity index (χ3v) is 12.8. The maximum Gasteiger partial charge on any atom is 0.306 e. The highest BCUT2D eigenvalue weighted by atomic mass is 16.5. The number of rotatable bonds is 50. The molecule has 62 heavy (non-hydrogen) atoms. The van der Waals surface area contributed by atoms with Gasteiger partial charge in [-0.05, 0) is 70.6 Å². The summed E-state index contributed by atoms with van der Waals surface area (Å²) in [5.74, 6) is -0.481. The van der Waals surface area contributed by atoms with Gasteiger partial charge in [-0.2, -0.15) is 0 Å². The Kier molecular flexibility index (Phi) is 49.0. The molecule has 0 aliphatic rings. The van der Waals surface area contributed by atoms with E-state index in [2.05, 4.69) is 50.4 Å². The number of amides is 1. The number of allylic oxidation sites excluding steroid dienone is 4. The number of aliphatic hydroxyl groups is 2. The smallest absolute Gasteiger partial charge is 0.306 e. The zero-order valence-electron chi connectivity index (χ0n) is 41.8. The summed E-state index contributed by atoms with van der Waals surface area (Å²) < 4.78 is 5.92. The van der Waals surface area contributed by atoms with Crippen molar-refractivity contribution in [1.29, 1.82) is 0 Å². The SMILES string of the molecule is CCCC/C=C\CCCCCC(CC(=O)NC(CO)C(O)CCCCCCCCCCCCCCCCC)OC(=O)CCCCCCCCCCC/C=C/CCCCCCCC. The summed E-state index contributed by atoms with van der Waals surface area (Å²) >= 11 is 0. The van der Waals surface area contributed by atoms with Crippen molar-refractivity contribution in [3.63, 3.8) is 0 Å². The highest BCUT2D eigenvalue weighted by molar-refractivity contribution is 5.77. The zero-order valence-corrected chi connectivity index (χ0v) is 41.8. The Balaban J connectivity index is 4.38. The summed E-state index contributed by atoms with van der Waals surface area (Å²) in [7, 11) is 0. The van der Waals surface area contributed by atoms with Crippen LogP contribution in [0.25, 0.3) is 0 Å². The number of unbranched alkanes of at least 4 members (excludes halogenated alkanes) is 34. The van der Waals surface area contributed by atoms with E-state index in [0.29, 0.717) is 19.3 Å². The van der Waals surface area contributed by atoms with Crippen molar-refractivity contribution >= 4 is 11.9 Å². The number of ether oxygens (including phenoxy) is 1. The molecule has 366 valence electrons. The van der Waals surface area contributed by atoms with Crippen molar-refractivity contribution in [2.75, 3.05) is 6.61 Å². The molecule has 0 bridgehead atoms. The second-order valence-corrected chi connectivity index (χ2v) is 19.0. The molecule has 6 heteroatoms. The number of esters is 1. The van der Waals surface area contributed by atoms with Crippen LogP contribution >= 0.6 is 0 Å². The molecule has 0 fully saturated rings. The first-order chi connectivity index (χ1) is 30.5. The van der Waals surface area contributed by atoms with E-state index in [1.807, 2.05) is 0 Å². The van der Waals surface area contributed by atoms with Gasteiger partial charge < -0.3 is 20.3 Å². The summed E-state index contributed by atoms with van der Waals surface area (Å²) in [4.78, 5) is 26.1. The van der Waals surface area contributed by atoms with Gasteiger partial charge >= 0.3 is 5.97 Å². The van der Waals surface area contributed by atoms with Crippen molar-refractivity contribution in [3.8, 4) is 0 Å². The molecular weight excluding hydrogens is 767 g/mol. The first kappa shape index (κ1) is 60.3. The predicted molar refractivity (Wildman–Crippen MR) is 269 cm³/mol. The van der Waals surface area contributed by atoms with E-state index < -0.39 is 18.2 Å². The van der Waals surface area contributed by atoms with Crippen LogP contribution in [0.5, 0.6) is 0 Å². The molecule has 0 aromatic rings. The molecule has 0 rings (SSSR count). The Hall–Kier alpha value is -1.66. The molecule has 3 unspecified atom stereocenters. The quantitative estimate of drug-likeness (QED) is 0.0321. The maximum absolute atomic E-state index is 13.2. The number of nitrogens with one attached hydrogen (secondary N) is 1. The molecule has 0 aliphatic heterocycles. The molecule has 3 atom stereocenters. The van der Waals surface area contributed by atoms with Gasteiger partial charge in [0, 0.05) is 6.42 Å². The second-order valence-electron chi connectivity index (χ2n) is 19.0. The van der Waals surface area contributed by atoms with Gasteiger partial charge in [0.05, 0.1) is 25.2 Å².